The normalized spacial score (nSPS) is 12.6. The van der Waals surface area contributed by atoms with Crippen LogP contribution in [0.25, 0.3) is 0 Å². The van der Waals surface area contributed by atoms with Crippen molar-refractivity contribution in [3.8, 4) is 5.75 Å². The monoisotopic (exact) mass is 293 g/mol. The van der Waals surface area contributed by atoms with Gasteiger partial charge in [0.05, 0.1) is 18.0 Å². The molecule has 2 heterocycles. The Balaban J connectivity index is 2.19. The SMILES string of the molecule is CCCNC(Cc1nccn1CC)c1sccc1OC. The number of nitrogens with one attached hydrogen (secondary N) is 1. The molecular formula is C15H23N3OS. The fourth-order valence-corrected chi connectivity index (χ4v) is 3.25. The Hall–Kier alpha value is -1.33. The van der Waals surface area contributed by atoms with E-state index in [4.69, 9.17) is 4.74 Å². The lowest BCUT2D eigenvalue weighted by Gasteiger charge is -2.19. The van der Waals surface area contributed by atoms with E-state index in [0.29, 0.717) is 0 Å². The molecule has 2 aromatic heterocycles. The summed E-state index contributed by atoms with van der Waals surface area (Å²) in [6.45, 7) is 6.28. The number of ether oxygens (including phenoxy) is 1. The van der Waals surface area contributed by atoms with Crippen molar-refractivity contribution in [1.82, 2.24) is 14.9 Å². The van der Waals surface area contributed by atoms with Crippen LogP contribution in [0.3, 0.4) is 0 Å². The lowest BCUT2D eigenvalue weighted by Crippen LogP contribution is -2.25. The first-order valence-electron chi connectivity index (χ1n) is 7.14. The lowest BCUT2D eigenvalue weighted by molar-refractivity contribution is 0.401. The molecule has 1 atom stereocenters. The van der Waals surface area contributed by atoms with Gasteiger partial charge >= 0.3 is 0 Å². The number of aryl methyl sites for hydroxylation is 1. The number of methoxy groups -OCH3 is 1. The molecule has 0 fully saturated rings. The third-order valence-corrected chi connectivity index (χ3v) is 4.38. The number of hydrogen-bond donors (Lipinski definition) is 1. The fraction of sp³-hybridized carbons (Fsp3) is 0.533. The minimum absolute atomic E-state index is 0.262. The maximum absolute atomic E-state index is 5.47. The standard InChI is InChI=1S/C15H23N3OS/c1-4-7-16-12(15-13(19-3)6-10-20-15)11-14-17-8-9-18(14)5-2/h6,8-10,12,16H,4-5,7,11H2,1-3H3. The molecule has 2 aromatic rings. The van der Waals surface area contributed by atoms with Crippen molar-refractivity contribution in [1.29, 1.82) is 0 Å². The zero-order valence-corrected chi connectivity index (χ0v) is 13.2. The van der Waals surface area contributed by atoms with Gasteiger partial charge in [0.15, 0.2) is 0 Å². The number of nitrogens with zero attached hydrogens (tertiary/aromatic N) is 2. The van der Waals surface area contributed by atoms with Crippen molar-refractivity contribution in [3.63, 3.8) is 0 Å². The highest BCUT2D eigenvalue weighted by Gasteiger charge is 2.19. The molecule has 0 bridgehead atoms. The first kappa shape index (κ1) is 15.1. The maximum atomic E-state index is 5.47. The smallest absolute Gasteiger partial charge is 0.134 e. The molecule has 0 aromatic carbocycles. The van der Waals surface area contributed by atoms with Gasteiger partial charge in [-0.15, -0.1) is 11.3 Å². The van der Waals surface area contributed by atoms with E-state index in [1.807, 2.05) is 18.5 Å². The van der Waals surface area contributed by atoms with Crippen molar-refractivity contribution in [3.05, 3.63) is 34.5 Å². The second kappa shape index (κ2) is 7.45. The first-order chi connectivity index (χ1) is 9.80. The zero-order chi connectivity index (χ0) is 14.4. The van der Waals surface area contributed by atoms with Crippen molar-refractivity contribution < 1.29 is 4.74 Å². The topological polar surface area (TPSA) is 39.1 Å². The van der Waals surface area contributed by atoms with Gasteiger partial charge in [0, 0.05) is 25.4 Å². The Morgan fingerprint density at radius 3 is 3.00 bits per heavy atom. The summed E-state index contributed by atoms with van der Waals surface area (Å²) in [6.07, 6.45) is 5.92. The minimum atomic E-state index is 0.262. The molecule has 0 saturated carbocycles. The van der Waals surface area contributed by atoms with Gasteiger partial charge < -0.3 is 14.6 Å². The number of aromatic nitrogens is 2. The van der Waals surface area contributed by atoms with Crippen LogP contribution in [-0.4, -0.2) is 23.2 Å². The molecular weight excluding hydrogens is 270 g/mol. The van der Waals surface area contributed by atoms with Crippen LogP contribution in [0.2, 0.25) is 0 Å². The van der Waals surface area contributed by atoms with E-state index in [1.54, 1.807) is 18.4 Å². The number of imidazole rings is 1. The molecule has 0 aliphatic rings. The first-order valence-corrected chi connectivity index (χ1v) is 8.02. The van der Waals surface area contributed by atoms with Gasteiger partial charge in [-0.3, -0.25) is 0 Å². The molecule has 4 nitrogen and oxygen atoms in total. The molecule has 2 rings (SSSR count). The van der Waals surface area contributed by atoms with Crippen molar-refractivity contribution in [2.45, 2.75) is 39.3 Å². The second-order valence-electron chi connectivity index (χ2n) is 4.69. The molecule has 0 spiro atoms. The van der Waals surface area contributed by atoms with Gasteiger partial charge in [0.25, 0.3) is 0 Å². The van der Waals surface area contributed by atoms with E-state index < -0.39 is 0 Å². The lowest BCUT2D eigenvalue weighted by atomic mass is 10.1. The molecule has 0 aliphatic carbocycles. The molecule has 1 unspecified atom stereocenters. The predicted molar refractivity (Wildman–Crippen MR) is 83.5 cm³/mol. The average Bonchev–Trinajstić information content (AvgIpc) is 3.11. The van der Waals surface area contributed by atoms with Crippen molar-refractivity contribution in [2.24, 2.45) is 0 Å². The Labute approximate surface area is 124 Å². The quantitative estimate of drug-likeness (QED) is 0.812. The highest BCUT2D eigenvalue weighted by molar-refractivity contribution is 7.10. The Bertz CT molecular complexity index is 521. The molecule has 0 amide bonds. The van der Waals surface area contributed by atoms with Crippen LogP contribution in [0, 0.1) is 0 Å². The molecule has 5 heteroatoms. The molecule has 110 valence electrons. The van der Waals surface area contributed by atoms with Crippen LogP contribution in [0.15, 0.2) is 23.8 Å². The van der Waals surface area contributed by atoms with Crippen LogP contribution in [0.5, 0.6) is 5.75 Å². The number of hydrogen-bond acceptors (Lipinski definition) is 4. The second-order valence-corrected chi connectivity index (χ2v) is 5.64. The van der Waals surface area contributed by atoms with Crippen molar-refractivity contribution in [2.75, 3.05) is 13.7 Å². The maximum Gasteiger partial charge on any atom is 0.134 e. The number of rotatable bonds is 8. The predicted octanol–water partition coefficient (Wildman–Crippen LogP) is 3.26. The highest BCUT2D eigenvalue weighted by atomic mass is 32.1. The Morgan fingerprint density at radius 1 is 1.45 bits per heavy atom. The number of thiophene rings is 1. The summed E-state index contributed by atoms with van der Waals surface area (Å²) in [4.78, 5) is 5.74. The van der Waals surface area contributed by atoms with Gasteiger partial charge in [-0.05, 0) is 31.3 Å². The third-order valence-electron chi connectivity index (χ3n) is 3.36. The summed E-state index contributed by atoms with van der Waals surface area (Å²) in [5.74, 6) is 2.09. The Kier molecular flexibility index (Phi) is 5.61. The summed E-state index contributed by atoms with van der Waals surface area (Å²) in [7, 11) is 1.73. The third kappa shape index (κ3) is 3.41. The largest absolute Gasteiger partial charge is 0.496 e. The molecule has 0 saturated heterocycles. The average molecular weight is 293 g/mol. The van der Waals surface area contributed by atoms with E-state index in [9.17, 15) is 0 Å². The van der Waals surface area contributed by atoms with Gasteiger partial charge in [-0.25, -0.2) is 4.98 Å². The van der Waals surface area contributed by atoms with Crippen LogP contribution in [0.4, 0.5) is 0 Å². The Morgan fingerprint density at radius 2 is 2.30 bits per heavy atom. The highest BCUT2D eigenvalue weighted by Crippen LogP contribution is 2.32. The van der Waals surface area contributed by atoms with Crippen LogP contribution in [-0.2, 0) is 13.0 Å². The van der Waals surface area contributed by atoms with Crippen LogP contribution >= 0.6 is 11.3 Å². The van der Waals surface area contributed by atoms with E-state index in [-0.39, 0.29) is 6.04 Å². The van der Waals surface area contributed by atoms with Crippen LogP contribution < -0.4 is 10.1 Å². The molecule has 1 N–H and O–H groups in total. The van der Waals surface area contributed by atoms with Gasteiger partial charge in [-0.2, -0.15) is 0 Å². The van der Waals surface area contributed by atoms with Gasteiger partial charge in [-0.1, -0.05) is 6.92 Å². The van der Waals surface area contributed by atoms with E-state index in [2.05, 4.69) is 34.1 Å². The summed E-state index contributed by atoms with van der Waals surface area (Å²) in [5.41, 5.74) is 0. The van der Waals surface area contributed by atoms with Gasteiger partial charge in [0.2, 0.25) is 0 Å². The van der Waals surface area contributed by atoms with E-state index in [1.165, 1.54) is 4.88 Å². The zero-order valence-electron chi connectivity index (χ0n) is 12.4. The summed E-state index contributed by atoms with van der Waals surface area (Å²) >= 11 is 1.74. The fourth-order valence-electron chi connectivity index (χ4n) is 2.31. The molecule has 0 radical (unpaired) electrons. The van der Waals surface area contributed by atoms with E-state index in [0.717, 1.165) is 37.5 Å². The van der Waals surface area contributed by atoms with Crippen LogP contribution in [0.1, 0.15) is 37.0 Å². The summed E-state index contributed by atoms with van der Waals surface area (Å²) in [5, 5.41) is 5.70. The van der Waals surface area contributed by atoms with Gasteiger partial charge in [0.1, 0.15) is 11.6 Å². The summed E-state index contributed by atoms with van der Waals surface area (Å²) < 4.78 is 7.66. The molecule has 0 aliphatic heterocycles. The molecule has 20 heavy (non-hydrogen) atoms. The minimum Gasteiger partial charge on any atom is -0.496 e. The van der Waals surface area contributed by atoms with Crippen molar-refractivity contribution >= 4 is 11.3 Å². The summed E-state index contributed by atoms with van der Waals surface area (Å²) in [6, 6.07) is 2.30. The van der Waals surface area contributed by atoms with E-state index >= 15 is 0 Å².